The van der Waals surface area contributed by atoms with Crippen molar-refractivity contribution in [1.82, 2.24) is 4.98 Å². The molecule has 0 aliphatic carbocycles. The number of aromatic nitrogens is 1. The largest absolute Gasteiger partial charge is 0.361 e. The van der Waals surface area contributed by atoms with E-state index in [2.05, 4.69) is 36.2 Å². The number of aromatic amines is 1. The number of hydrogen-bond acceptors (Lipinski definition) is 1. The lowest BCUT2D eigenvalue weighted by Gasteiger charge is -2.15. The zero-order valence-corrected chi connectivity index (χ0v) is 12.1. The van der Waals surface area contributed by atoms with Gasteiger partial charge < -0.3 is 10.7 Å². The van der Waals surface area contributed by atoms with Gasteiger partial charge in [0.15, 0.2) is 0 Å². The molecule has 1 aromatic heterocycles. The van der Waals surface area contributed by atoms with Crippen molar-refractivity contribution in [2.75, 3.05) is 6.54 Å². The van der Waals surface area contributed by atoms with Gasteiger partial charge in [-0.2, -0.15) is 0 Å². The molecule has 3 rings (SSSR count). The lowest BCUT2D eigenvalue weighted by Crippen LogP contribution is -2.14. The first-order valence-electron chi connectivity index (χ1n) is 7.19. The van der Waals surface area contributed by atoms with E-state index in [1.54, 1.807) is 12.1 Å². The van der Waals surface area contributed by atoms with Gasteiger partial charge in [-0.05, 0) is 49.2 Å². The van der Waals surface area contributed by atoms with Crippen LogP contribution in [0.1, 0.15) is 22.6 Å². The summed E-state index contributed by atoms with van der Waals surface area (Å²) < 4.78 is 13.5. The second-order valence-electron chi connectivity index (χ2n) is 5.56. The van der Waals surface area contributed by atoms with E-state index >= 15 is 0 Å². The van der Waals surface area contributed by atoms with Crippen LogP contribution in [0.3, 0.4) is 0 Å². The number of aryl methyl sites for hydroxylation is 1. The van der Waals surface area contributed by atoms with Gasteiger partial charge in [-0.15, -0.1) is 0 Å². The highest BCUT2D eigenvalue weighted by atomic mass is 19.1. The highest BCUT2D eigenvalue weighted by Crippen LogP contribution is 2.28. The maximum absolute atomic E-state index is 13.5. The average Bonchev–Trinajstić information content (AvgIpc) is 2.88. The minimum Gasteiger partial charge on any atom is -0.361 e. The Hall–Kier alpha value is -2.13. The van der Waals surface area contributed by atoms with Crippen molar-refractivity contribution in [2.45, 2.75) is 19.3 Å². The van der Waals surface area contributed by atoms with E-state index in [-0.39, 0.29) is 11.7 Å². The lowest BCUT2D eigenvalue weighted by molar-refractivity contribution is 0.629. The van der Waals surface area contributed by atoms with Gasteiger partial charge in [0.1, 0.15) is 5.82 Å². The second kappa shape index (κ2) is 5.70. The summed E-state index contributed by atoms with van der Waals surface area (Å²) in [5.74, 6) is -0.0305. The second-order valence-corrected chi connectivity index (χ2v) is 5.56. The molecule has 3 heteroatoms. The third-order valence-corrected chi connectivity index (χ3v) is 3.96. The summed E-state index contributed by atoms with van der Waals surface area (Å²) in [6, 6.07) is 13.3. The van der Waals surface area contributed by atoms with Crippen LogP contribution in [0, 0.1) is 12.7 Å². The lowest BCUT2D eigenvalue weighted by atomic mass is 9.91. The molecule has 2 aromatic carbocycles. The molecular weight excluding hydrogens is 263 g/mol. The number of fused-ring (bicyclic) bond motifs is 1. The minimum absolute atomic E-state index is 0.183. The summed E-state index contributed by atoms with van der Waals surface area (Å²) in [6.07, 6.45) is 2.82. The molecule has 3 N–H and O–H groups in total. The van der Waals surface area contributed by atoms with Crippen molar-refractivity contribution in [2.24, 2.45) is 5.73 Å². The van der Waals surface area contributed by atoms with Crippen LogP contribution in [0.4, 0.5) is 4.39 Å². The van der Waals surface area contributed by atoms with E-state index < -0.39 is 0 Å². The summed E-state index contributed by atoms with van der Waals surface area (Å²) >= 11 is 0. The predicted octanol–water partition coefficient (Wildman–Crippen LogP) is 3.90. The molecule has 0 aliphatic rings. The number of nitrogens with two attached hydrogens (primary N) is 1. The first-order chi connectivity index (χ1) is 10.2. The molecule has 0 fully saturated rings. The molecule has 1 heterocycles. The Morgan fingerprint density at radius 3 is 2.81 bits per heavy atom. The van der Waals surface area contributed by atoms with Crippen molar-refractivity contribution in [3.63, 3.8) is 0 Å². The Morgan fingerprint density at radius 1 is 1.19 bits per heavy atom. The number of H-pyrrole nitrogens is 1. The molecule has 0 saturated heterocycles. The number of hydrogen-bond donors (Lipinski definition) is 2. The SMILES string of the molecule is Cc1cccc(CC(CN)c2c[nH]c3ccc(F)cc23)c1. The smallest absolute Gasteiger partial charge is 0.123 e. The third kappa shape index (κ3) is 2.83. The Balaban J connectivity index is 1.96. The highest BCUT2D eigenvalue weighted by molar-refractivity contribution is 5.83. The fourth-order valence-corrected chi connectivity index (χ4v) is 2.90. The summed E-state index contributed by atoms with van der Waals surface area (Å²) in [5, 5.41) is 0.929. The van der Waals surface area contributed by atoms with Crippen molar-refractivity contribution < 1.29 is 4.39 Å². The molecule has 0 amide bonds. The Kier molecular flexibility index (Phi) is 3.76. The van der Waals surface area contributed by atoms with E-state index in [0.717, 1.165) is 22.9 Å². The first-order valence-corrected chi connectivity index (χ1v) is 7.19. The third-order valence-electron chi connectivity index (χ3n) is 3.96. The molecule has 0 radical (unpaired) electrons. The molecule has 1 atom stereocenters. The average molecular weight is 282 g/mol. The minimum atomic E-state index is -0.213. The van der Waals surface area contributed by atoms with Crippen molar-refractivity contribution in [1.29, 1.82) is 0 Å². The van der Waals surface area contributed by atoms with Crippen molar-refractivity contribution in [3.8, 4) is 0 Å². The highest BCUT2D eigenvalue weighted by Gasteiger charge is 2.15. The van der Waals surface area contributed by atoms with Crippen LogP contribution in [0.5, 0.6) is 0 Å². The number of halogens is 1. The van der Waals surface area contributed by atoms with Gasteiger partial charge in [0, 0.05) is 23.0 Å². The van der Waals surface area contributed by atoms with Crippen LogP contribution < -0.4 is 5.73 Å². The molecule has 3 aromatic rings. The van der Waals surface area contributed by atoms with Crippen LogP contribution in [0.25, 0.3) is 10.9 Å². The molecule has 0 spiro atoms. The van der Waals surface area contributed by atoms with Crippen LogP contribution >= 0.6 is 0 Å². The van der Waals surface area contributed by atoms with Gasteiger partial charge in [0.05, 0.1) is 0 Å². The van der Waals surface area contributed by atoms with Crippen LogP contribution in [-0.2, 0) is 6.42 Å². The summed E-state index contributed by atoms with van der Waals surface area (Å²) in [4.78, 5) is 3.21. The van der Waals surface area contributed by atoms with E-state index in [4.69, 9.17) is 5.73 Å². The van der Waals surface area contributed by atoms with Crippen molar-refractivity contribution in [3.05, 3.63) is 71.2 Å². The van der Waals surface area contributed by atoms with Gasteiger partial charge in [-0.25, -0.2) is 4.39 Å². The number of nitrogens with one attached hydrogen (secondary N) is 1. The van der Waals surface area contributed by atoms with Gasteiger partial charge in [0.25, 0.3) is 0 Å². The van der Waals surface area contributed by atoms with Crippen LogP contribution in [0.15, 0.2) is 48.7 Å². The standard InChI is InChI=1S/C18H19FN2/c1-12-3-2-4-13(7-12)8-14(10-20)17-11-21-18-6-5-15(19)9-16(17)18/h2-7,9,11,14,21H,8,10,20H2,1H3. The number of rotatable bonds is 4. The topological polar surface area (TPSA) is 41.8 Å². The number of benzene rings is 2. The fourth-order valence-electron chi connectivity index (χ4n) is 2.90. The molecule has 108 valence electrons. The van der Waals surface area contributed by atoms with Crippen LogP contribution in [0.2, 0.25) is 0 Å². The monoisotopic (exact) mass is 282 g/mol. The summed E-state index contributed by atoms with van der Waals surface area (Å²) in [5.41, 5.74) is 10.5. The maximum atomic E-state index is 13.5. The van der Waals surface area contributed by atoms with Crippen molar-refractivity contribution >= 4 is 10.9 Å². The predicted molar refractivity (Wildman–Crippen MR) is 84.9 cm³/mol. The summed E-state index contributed by atoms with van der Waals surface area (Å²) in [6.45, 7) is 2.62. The fraction of sp³-hybridized carbons (Fsp3) is 0.222. The van der Waals surface area contributed by atoms with Crippen LogP contribution in [-0.4, -0.2) is 11.5 Å². The Bertz CT molecular complexity index is 761. The zero-order valence-electron chi connectivity index (χ0n) is 12.1. The molecule has 0 aliphatic heterocycles. The normalized spacial score (nSPS) is 12.7. The Labute approximate surface area is 123 Å². The van der Waals surface area contributed by atoms with Gasteiger partial charge in [-0.3, -0.25) is 0 Å². The van der Waals surface area contributed by atoms with E-state index in [9.17, 15) is 4.39 Å². The van der Waals surface area contributed by atoms with E-state index in [1.807, 2.05) is 6.20 Å². The molecule has 0 bridgehead atoms. The quantitative estimate of drug-likeness (QED) is 0.748. The molecule has 0 saturated carbocycles. The van der Waals surface area contributed by atoms with Gasteiger partial charge >= 0.3 is 0 Å². The zero-order chi connectivity index (χ0) is 14.8. The summed E-state index contributed by atoms with van der Waals surface area (Å²) in [7, 11) is 0. The molecule has 1 unspecified atom stereocenters. The van der Waals surface area contributed by atoms with Gasteiger partial charge in [-0.1, -0.05) is 29.8 Å². The Morgan fingerprint density at radius 2 is 2.05 bits per heavy atom. The maximum Gasteiger partial charge on any atom is 0.123 e. The van der Waals surface area contributed by atoms with E-state index in [1.165, 1.54) is 17.2 Å². The first kappa shape index (κ1) is 13.8. The van der Waals surface area contributed by atoms with Gasteiger partial charge in [0.2, 0.25) is 0 Å². The molecule has 2 nitrogen and oxygen atoms in total. The molecule has 21 heavy (non-hydrogen) atoms. The molecular formula is C18H19FN2. The van der Waals surface area contributed by atoms with E-state index in [0.29, 0.717) is 6.54 Å².